The highest BCUT2D eigenvalue weighted by Gasteiger charge is 2.51. The molecule has 1 atom stereocenters. The van der Waals surface area contributed by atoms with Crippen LogP contribution < -0.4 is 0 Å². The molecule has 0 saturated heterocycles. The Balaban J connectivity index is 1.83. The van der Waals surface area contributed by atoms with Gasteiger partial charge in [0.15, 0.2) is 0 Å². The van der Waals surface area contributed by atoms with Gasteiger partial charge in [-0.15, -0.1) is 0 Å². The number of aliphatic carboxylic acids is 1. The van der Waals surface area contributed by atoms with Gasteiger partial charge >= 0.3 is 5.97 Å². The van der Waals surface area contributed by atoms with E-state index in [2.05, 4.69) is 12.6 Å². The molecule has 0 spiro atoms. The molecule has 0 aliphatic heterocycles. The van der Waals surface area contributed by atoms with Gasteiger partial charge in [0.25, 0.3) is 0 Å². The van der Waals surface area contributed by atoms with Gasteiger partial charge < -0.3 is 5.11 Å². The summed E-state index contributed by atoms with van der Waals surface area (Å²) < 4.78 is 0. The highest BCUT2D eigenvalue weighted by molar-refractivity contribution is 7.81. The molecule has 84 valence electrons. The number of carbonyl (C=O) groups is 1. The predicted molar refractivity (Wildman–Crippen MR) is 60.9 cm³/mol. The standard InChI is InChI=1S/C12H18O2S/c13-12(14)11(15)10-8-2-6-1-7(4-8)5-9(10)3-6/h6-11,15H,1-5H2,(H,13,14). The lowest BCUT2D eigenvalue weighted by Gasteiger charge is -2.55. The smallest absolute Gasteiger partial charge is 0.316 e. The van der Waals surface area contributed by atoms with E-state index in [0.29, 0.717) is 17.8 Å². The number of hydrogen-bond donors (Lipinski definition) is 2. The molecule has 4 aliphatic carbocycles. The molecule has 0 aromatic carbocycles. The van der Waals surface area contributed by atoms with Crippen molar-refractivity contribution in [2.45, 2.75) is 37.4 Å². The summed E-state index contributed by atoms with van der Waals surface area (Å²) in [6.07, 6.45) is 6.54. The highest BCUT2D eigenvalue weighted by atomic mass is 32.1. The number of carboxylic acid groups (broad SMARTS) is 1. The van der Waals surface area contributed by atoms with Gasteiger partial charge in [-0.05, 0) is 61.7 Å². The Morgan fingerprint density at radius 3 is 1.93 bits per heavy atom. The monoisotopic (exact) mass is 226 g/mol. The average molecular weight is 226 g/mol. The van der Waals surface area contributed by atoms with Gasteiger partial charge in [0.05, 0.1) is 0 Å². The van der Waals surface area contributed by atoms with E-state index in [4.69, 9.17) is 5.11 Å². The number of hydrogen-bond acceptors (Lipinski definition) is 2. The molecule has 4 rings (SSSR count). The molecule has 0 radical (unpaired) electrons. The number of rotatable bonds is 2. The Hall–Kier alpha value is -0.180. The first-order valence-corrected chi connectivity index (χ1v) is 6.57. The van der Waals surface area contributed by atoms with Gasteiger partial charge in [0, 0.05) is 0 Å². The lowest BCUT2D eigenvalue weighted by Crippen LogP contribution is -2.49. The first kappa shape index (κ1) is 10.0. The maximum atomic E-state index is 11.0. The molecule has 2 nitrogen and oxygen atoms in total. The van der Waals surface area contributed by atoms with Crippen molar-refractivity contribution in [2.75, 3.05) is 0 Å². The molecular formula is C12H18O2S. The zero-order valence-corrected chi connectivity index (χ0v) is 9.70. The molecule has 0 aromatic rings. The maximum absolute atomic E-state index is 11.0. The van der Waals surface area contributed by atoms with E-state index < -0.39 is 11.2 Å². The first-order valence-electron chi connectivity index (χ1n) is 6.06. The van der Waals surface area contributed by atoms with Crippen LogP contribution in [0.2, 0.25) is 0 Å². The van der Waals surface area contributed by atoms with E-state index in [1.54, 1.807) is 0 Å². The quantitative estimate of drug-likeness (QED) is 0.710. The van der Waals surface area contributed by atoms with Crippen molar-refractivity contribution in [3.63, 3.8) is 0 Å². The Morgan fingerprint density at radius 2 is 1.53 bits per heavy atom. The predicted octanol–water partition coefficient (Wildman–Crippen LogP) is 2.44. The van der Waals surface area contributed by atoms with Crippen molar-refractivity contribution in [1.82, 2.24) is 0 Å². The minimum Gasteiger partial charge on any atom is -0.480 e. The van der Waals surface area contributed by atoms with Gasteiger partial charge in [0.1, 0.15) is 5.25 Å². The van der Waals surface area contributed by atoms with E-state index in [1.807, 2.05) is 0 Å². The van der Waals surface area contributed by atoms with Crippen molar-refractivity contribution in [2.24, 2.45) is 29.6 Å². The summed E-state index contributed by atoms with van der Waals surface area (Å²) in [6, 6.07) is 0. The van der Waals surface area contributed by atoms with E-state index >= 15 is 0 Å². The average Bonchev–Trinajstić information content (AvgIpc) is 2.15. The third kappa shape index (κ3) is 1.50. The SMILES string of the molecule is O=C(O)C(S)C1C2CC3CC(C2)CC1C3. The largest absolute Gasteiger partial charge is 0.480 e. The van der Waals surface area contributed by atoms with Crippen LogP contribution in [-0.2, 0) is 4.79 Å². The molecule has 0 amide bonds. The van der Waals surface area contributed by atoms with Crippen LogP contribution >= 0.6 is 12.6 Å². The van der Waals surface area contributed by atoms with Crippen LogP contribution in [0.1, 0.15) is 32.1 Å². The molecule has 0 aromatic heterocycles. The van der Waals surface area contributed by atoms with Gasteiger partial charge in [-0.25, -0.2) is 0 Å². The summed E-state index contributed by atoms with van der Waals surface area (Å²) in [5.74, 6) is 2.81. The fourth-order valence-electron chi connectivity index (χ4n) is 4.65. The minimum atomic E-state index is -0.712. The van der Waals surface area contributed by atoms with Crippen molar-refractivity contribution in [1.29, 1.82) is 0 Å². The third-order valence-corrected chi connectivity index (χ3v) is 5.48. The molecule has 1 unspecified atom stereocenters. The maximum Gasteiger partial charge on any atom is 0.316 e. The highest BCUT2D eigenvalue weighted by Crippen LogP contribution is 2.57. The van der Waals surface area contributed by atoms with E-state index in [9.17, 15) is 4.79 Å². The third-order valence-electron chi connectivity index (χ3n) is 4.92. The number of thiol groups is 1. The van der Waals surface area contributed by atoms with Gasteiger partial charge in [-0.3, -0.25) is 4.79 Å². The lowest BCUT2D eigenvalue weighted by molar-refractivity contribution is -0.141. The van der Waals surface area contributed by atoms with E-state index in [-0.39, 0.29) is 0 Å². The van der Waals surface area contributed by atoms with Crippen LogP contribution in [0.5, 0.6) is 0 Å². The minimum absolute atomic E-state index is 0.360. The van der Waals surface area contributed by atoms with Crippen LogP contribution in [0.3, 0.4) is 0 Å². The van der Waals surface area contributed by atoms with Crippen LogP contribution in [0.25, 0.3) is 0 Å². The lowest BCUT2D eigenvalue weighted by atomic mass is 9.51. The van der Waals surface area contributed by atoms with Gasteiger partial charge in [-0.1, -0.05) is 0 Å². The van der Waals surface area contributed by atoms with Crippen LogP contribution in [0.15, 0.2) is 0 Å². The van der Waals surface area contributed by atoms with Crippen molar-refractivity contribution < 1.29 is 9.90 Å². The van der Waals surface area contributed by atoms with Crippen LogP contribution in [0.4, 0.5) is 0 Å². The van der Waals surface area contributed by atoms with E-state index in [0.717, 1.165) is 11.8 Å². The molecule has 3 heteroatoms. The summed E-state index contributed by atoms with van der Waals surface area (Å²) in [5, 5.41) is 8.67. The Labute approximate surface area is 95.8 Å². The van der Waals surface area contributed by atoms with Crippen molar-refractivity contribution >= 4 is 18.6 Å². The fraction of sp³-hybridized carbons (Fsp3) is 0.917. The summed E-state index contributed by atoms with van der Waals surface area (Å²) in [4.78, 5) is 11.0. The van der Waals surface area contributed by atoms with Gasteiger partial charge in [-0.2, -0.15) is 12.6 Å². The zero-order chi connectivity index (χ0) is 10.6. The molecule has 0 heterocycles. The second-order valence-corrected chi connectivity index (χ2v) is 6.35. The van der Waals surface area contributed by atoms with Crippen molar-refractivity contribution in [3.8, 4) is 0 Å². The normalized spacial score (nSPS) is 49.3. The second-order valence-electron chi connectivity index (χ2n) is 5.79. The summed E-state index contributed by atoms with van der Waals surface area (Å²) in [7, 11) is 0. The molecule has 4 aliphatic rings. The molecule has 4 bridgehead atoms. The summed E-state index contributed by atoms with van der Waals surface area (Å²) in [6.45, 7) is 0. The van der Waals surface area contributed by atoms with Crippen molar-refractivity contribution in [3.05, 3.63) is 0 Å². The topological polar surface area (TPSA) is 37.3 Å². The first-order chi connectivity index (χ1) is 7.15. The zero-order valence-electron chi connectivity index (χ0n) is 8.80. The molecule has 1 N–H and O–H groups in total. The molecule has 4 saturated carbocycles. The van der Waals surface area contributed by atoms with Gasteiger partial charge in [0.2, 0.25) is 0 Å². The molecule has 15 heavy (non-hydrogen) atoms. The second kappa shape index (κ2) is 3.41. The number of carboxylic acids is 1. The van der Waals surface area contributed by atoms with Crippen LogP contribution in [0, 0.1) is 29.6 Å². The Kier molecular flexibility index (Phi) is 2.27. The Morgan fingerprint density at radius 1 is 1.07 bits per heavy atom. The Bertz CT molecular complexity index is 261. The van der Waals surface area contributed by atoms with E-state index in [1.165, 1.54) is 32.1 Å². The molecular weight excluding hydrogens is 208 g/mol. The molecule has 4 fully saturated rings. The summed E-state index contributed by atoms with van der Waals surface area (Å²) >= 11 is 4.32. The van der Waals surface area contributed by atoms with Crippen LogP contribution in [-0.4, -0.2) is 16.3 Å². The summed E-state index contributed by atoms with van der Waals surface area (Å²) in [5.41, 5.74) is 0. The fourth-order valence-corrected chi connectivity index (χ4v) is 5.13.